The van der Waals surface area contributed by atoms with Gasteiger partial charge >= 0.3 is 0 Å². The number of rotatable bonds is 7. The zero-order valence-corrected chi connectivity index (χ0v) is 25.0. The minimum absolute atomic E-state index is 0. The van der Waals surface area contributed by atoms with Crippen LogP contribution in [0.2, 0.25) is 0 Å². The van der Waals surface area contributed by atoms with Crippen LogP contribution in [0.25, 0.3) is 10.9 Å². The van der Waals surface area contributed by atoms with Gasteiger partial charge in [-0.25, -0.2) is 12.7 Å². The van der Waals surface area contributed by atoms with Crippen molar-refractivity contribution < 1.29 is 13.2 Å². The quantitative estimate of drug-likeness (QED) is 0.351. The number of hydrogen-bond acceptors (Lipinski definition) is 7. The number of amides is 1. The Kier molecular flexibility index (Phi) is 11.4. The molecule has 12 heteroatoms. The number of H-pyrrole nitrogens is 1. The number of carbonyl (C=O) groups is 1. The molecule has 2 fully saturated rings. The van der Waals surface area contributed by atoms with E-state index >= 15 is 0 Å². The van der Waals surface area contributed by atoms with Crippen LogP contribution in [-0.2, 0) is 20.4 Å². The Bertz CT molecular complexity index is 1620. The largest absolute Gasteiger partial charge is 0.342 e. The Morgan fingerprint density at radius 2 is 1.66 bits per heavy atom. The third kappa shape index (κ3) is 6.84. The molecule has 239 valence electrons. The summed E-state index contributed by atoms with van der Waals surface area (Å²) < 4.78 is 27.9. The molecule has 2 aliphatic rings. The van der Waals surface area contributed by atoms with Gasteiger partial charge in [-0.05, 0) is 56.0 Å². The van der Waals surface area contributed by atoms with Gasteiger partial charge in [0.1, 0.15) is 5.39 Å². The fraction of sp³-hybridized carbons (Fsp3) is 0.531. The number of nitriles is 1. The highest BCUT2D eigenvalue weighted by molar-refractivity contribution is 7.89. The number of benzene rings is 1. The Morgan fingerprint density at radius 1 is 1.05 bits per heavy atom. The third-order valence-electron chi connectivity index (χ3n) is 8.60. The van der Waals surface area contributed by atoms with Crippen LogP contribution in [0.15, 0.2) is 46.2 Å². The number of sulfonamides is 1. The molecule has 2 aromatic heterocycles. The second kappa shape index (κ2) is 14.4. The topological polar surface area (TPSA) is 144 Å². The number of nitrogens with zero attached hydrogens (tertiary/aromatic N) is 5. The summed E-state index contributed by atoms with van der Waals surface area (Å²) in [5, 5.41) is 18.2. The van der Waals surface area contributed by atoms with Crippen LogP contribution in [0.5, 0.6) is 0 Å². The van der Waals surface area contributed by atoms with Crippen LogP contribution in [0.1, 0.15) is 79.1 Å². The number of hydrogen-bond donors (Lipinski definition) is 2. The molecule has 1 aliphatic heterocycles. The molecule has 11 nitrogen and oxygen atoms in total. The normalized spacial score (nSPS) is 17.5. The summed E-state index contributed by atoms with van der Waals surface area (Å²) in [6.45, 7) is 1.03. The lowest BCUT2D eigenvalue weighted by atomic mass is 9.83. The molecule has 0 unspecified atom stereocenters. The first-order valence-corrected chi connectivity index (χ1v) is 16.0. The second-order valence-electron chi connectivity index (χ2n) is 11.5. The van der Waals surface area contributed by atoms with Gasteiger partial charge in [-0.15, -0.1) is 0 Å². The molecule has 0 atom stereocenters. The second-order valence-corrected chi connectivity index (χ2v) is 13.6. The van der Waals surface area contributed by atoms with Crippen molar-refractivity contribution in [2.24, 2.45) is 0 Å². The number of anilines is 2. The van der Waals surface area contributed by atoms with Gasteiger partial charge in [-0.3, -0.25) is 14.3 Å². The average Bonchev–Trinajstić information content (AvgIpc) is 3.33. The van der Waals surface area contributed by atoms with Gasteiger partial charge in [0.25, 0.3) is 5.56 Å². The molecular weight excluding hydrogens is 578 g/mol. The van der Waals surface area contributed by atoms with Gasteiger partial charge in [0.2, 0.25) is 15.9 Å². The van der Waals surface area contributed by atoms with Crippen molar-refractivity contribution in [2.75, 3.05) is 32.5 Å². The van der Waals surface area contributed by atoms with E-state index in [0.717, 1.165) is 35.9 Å². The van der Waals surface area contributed by atoms with Crippen LogP contribution in [0.4, 0.5) is 11.5 Å². The van der Waals surface area contributed by atoms with Crippen molar-refractivity contribution in [1.29, 1.82) is 5.26 Å². The first-order chi connectivity index (χ1) is 20.2. The lowest BCUT2D eigenvalue weighted by molar-refractivity contribution is -0.131. The number of likely N-dealkylation sites (tertiary alicyclic amines) is 1. The van der Waals surface area contributed by atoms with E-state index in [2.05, 4.69) is 16.4 Å². The summed E-state index contributed by atoms with van der Waals surface area (Å²) in [6.07, 6.45) is 10.3. The van der Waals surface area contributed by atoms with Gasteiger partial charge in [-0.1, -0.05) is 47.0 Å². The number of pyridine rings is 1. The van der Waals surface area contributed by atoms with E-state index in [0.29, 0.717) is 48.3 Å². The van der Waals surface area contributed by atoms with Gasteiger partial charge < -0.3 is 15.2 Å². The van der Waals surface area contributed by atoms with Crippen molar-refractivity contribution in [2.45, 2.75) is 89.5 Å². The maximum absolute atomic E-state index is 13.4. The lowest BCUT2D eigenvalue weighted by Crippen LogP contribution is -2.49. The van der Waals surface area contributed by atoms with Crippen LogP contribution < -0.4 is 10.9 Å². The molecule has 1 saturated carbocycles. The number of carbonyl (C=O) groups excluding carboxylic acids is 1. The van der Waals surface area contributed by atoms with E-state index in [-0.39, 0.29) is 37.6 Å². The van der Waals surface area contributed by atoms with Crippen molar-refractivity contribution >= 4 is 38.3 Å². The van der Waals surface area contributed by atoms with E-state index in [1.165, 1.54) is 45.5 Å². The Balaban J connectivity index is 0.00000264. The molecular formula is C32H46N7O4S. The van der Waals surface area contributed by atoms with E-state index in [1.807, 2.05) is 4.90 Å². The predicted molar refractivity (Wildman–Crippen MR) is 174 cm³/mol. The van der Waals surface area contributed by atoms with E-state index in [9.17, 15) is 23.3 Å². The molecule has 0 bridgehead atoms. The van der Waals surface area contributed by atoms with Crippen LogP contribution in [0, 0.1) is 17.2 Å². The number of piperidine rings is 1. The lowest BCUT2D eigenvalue weighted by Gasteiger charge is -2.42. The van der Waals surface area contributed by atoms with Gasteiger partial charge in [0.05, 0.1) is 34.4 Å². The van der Waals surface area contributed by atoms with E-state index in [1.54, 1.807) is 29.1 Å². The van der Waals surface area contributed by atoms with Crippen molar-refractivity contribution in [1.82, 2.24) is 24.0 Å². The SMILES string of the molecule is C.C.CN(C)S(=O)(=O)c1ccc(Nc2nn(C3(CC#N)CCN(C(=O)[C]4CCCCCCC4)CC3)c3cc[nH]c(=O)c23)cc1. The minimum Gasteiger partial charge on any atom is -0.342 e. The third-order valence-corrected chi connectivity index (χ3v) is 10.4. The number of aromatic amines is 1. The van der Waals surface area contributed by atoms with E-state index in [4.69, 9.17) is 5.10 Å². The van der Waals surface area contributed by atoms with Crippen LogP contribution in [-0.4, -0.2) is 65.5 Å². The fourth-order valence-corrected chi connectivity index (χ4v) is 6.99. The highest BCUT2D eigenvalue weighted by atomic mass is 32.2. The van der Waals surface area contributed by atoms with Gasteiger partial charge in [-0.2, -0.15) is 10.4 Å². The smallest absolute Gasteiger partial charge is 0.261 e. The van der Waals surface area contributed by atoms with Gasteiger partial charge in [0.15, 0.2) is 5.82 Å². The summed E-state index contributed by atoms with van der Waals surface area (Å²) in [5.41, 5.74) is 0.145. The molecule has 1 radical (unpaired) electrons. The molecule has 1 aromatic carbocycles. The zero-order valence-electron chi connectivity index (χ0n) is 24.2. The molecule has 1 aliphatic carbocycles. The number of nitrogens with one attached hydrogen (secondary N) is 2. The van der Waals surface area contributed by atoms with Crippen LogP contribution >= 0.6 is 0 Å². The first kappa shape index (κ1) is 34.8. The number of aromatic nitrogens is 3. The van der Waals surface area contributed by atoms with Crippen molar-refractivity contribution in [3.05, 3.63) is 52.8 Å². The molecule has 3 heterocycles. The summed E-state index contributed by atoms with van der Waals surface area (Å²) >= 11 is 0. The molecule has 44 heavy (non-hydrogen) atoms. The molecule has 2 N–H and O–H groups in total. The van der Waals surface area contributed by atoms with Crippen LogP contribution in [0.3, 0.4) is 0 Å². The Morgan fingerprint density at radius 3 is 2.25 bits per heavy atom. The Hall–Kier alpha value is -3.69. The number of fused-ring (bicyclic) bond motifs is 1. The summed E-state index contributed by atoms with van der Waals surface area (Å²) in [4.78, 5) is 31.2. The monoisotopic (exact) mass is 624 g/mol. The maximum Gasteiger partial charge on any atom is 0.261 e. The fourth-order valence-electron chi connectivity index (χ4n) is 6.09. The maximum atomic E-state index is 13.4. The summed E-state index contributed by atoms with van der Waals surface area (Å²) in [5.74, 6) is 1.48. The highest BCUT2D eigenvalue weighted by Crippen LogP contribution is 2.38. The minimum atomic E-state index is -3.58. The molecule has 0 spiro atoms. The van der Waals surface area contributed by atoms with Crippen molar-refractivity contribution in [3.63, 3.8) is 0 Å². The predicted octanol–water partition coefficient (Wildman–Crippen LogP) is 5.54. The summed E-state index contributed by atoms with van der Waals surface area (Å²) in [7, 11) is -0.637. The molecule has 3 aromatic rings. The first-order valence-electron chi connectivity index (χ1n) is 14.6. The van der Waals surface area contributed by atoms with Gasteiger partial charge in [0, 0.05) is 39.1 Å². The Labute approximate surface area is 261 Å². The highest BCUT2D eigenvalue weighted by Gasteiger charge is 2.41. The molecule has 1 saturated heterocycles. The zero-order chi connectivity index (χ0) is 29.9. The van der Waals surface area contributed by atoms with E-state index < -0.39 is 15.6 Å². The molecule has 5 rings (SSSR count). The standard InChI is InChI=1S/C30H38N7O4S.2CH4/c1-35(2)42(40,41)24-12-10-23(11-13-24)33-27-26-25(14-19-32-28(26)38)37(34-27)30(15-18-31)16-20-36(21-17-30)29(39)22-8-6-4-3-5-7-9-22;;/h10-14,19H,3-9,15-17,20-21H2,1-2H3,(H,32,38)(H,33,34);2*1H4. The molecule has 1 amide bonds. The average molecular weight is 625 g/mol. The summed E-state index contributed by atoms with van der Waals surface area (Å²) in [6, 6.07) is 10.4. The van der Waals surface area contributed by atoms with Crippen molar-refractivity contribution in [3.8, 4) is 6.07 Å².